The summed E-state index contributed by atoms with van der Waals surface area (Å²) in [5, 5.41) is 0. The molecule has 37 heavy (non-hydrogen) atoms. The second-order valence-corrected chi connectivity index (χ2v) is 11.2. The van der Waals surface area contributed by atoms with E-state index in [-0.39, 0.29) is 23.7 Å². The normalized spacial score (nSPS) is 27.9. The largest absolute Gasteiger partial charge is 0.477 e. The van der Waals surface area contributed by atoms with Crippen molar-refractivity contribution in [1.82, 2.24) is 14.7 Å². The predicted octanol–water partition coefficient (Wildman–Crippen LogP) is 0.880. The Morgan fingerprint density at radius 3 is 2.76 bits per heavy atom. The van der Waals surface area contributed by atoms with Gasteiger partial charge in [-0.1, -0.05) is 12.5 Å². The molecular formula is C27H39N5O5. The summed E-state index contributed by atoms with van der Waals surface area (Å²) in [6, 6.07) is 3.64. The van der Waals surface area contributed by atoms with Gasteiger partial charge in [0.25, 0.3) is 0 Å². The van der Waals surface area contributed by atoms with Gasteiger partial charge in [0.15, 0.2) is 23.4 Å². The van der Waals surface area contributed by atoms with Crippen LogP contribution in [0.1, 0.15) is 43.2 Å². The molecule has 2 amide bonds. The first kappa shape index (κ1) is 25.9. The van der Waals surface area contributed by atoms with Gasteiger partial charge >= 0.3 is 6.09 Å². The monoisotopic (exact) mass is 513 g/mol. The average molecular weight is 514 g/mol. The minimum atomic E-state index is -0.575. The molecule has 4 N–H and O–H groups in total. The first-order valence-electron chi connectivity index (χ1n) is 13.4. The summed E-state index contributed by atoms with van der Waals surface area (Å²) >= 11 is 0. The van der Waals surface area contributed by atoms with Crippen molar-refractivity contribution in [3.63, 3.8) is 0 Å². The van der Waals surface area contributed by atoms with E-state index < -0.39 is 18.2 Å². The molecule has 5 rings (SSSR count). The summed E-state index contributed by atoms with van der Waals surface area (Å²) < 4.78 is 12.2. The Morgan fingerprint density at radius 2 is 2.00 bits per heavy atom. The highest BCUT2D eigenvalue weighted by atomic mass is 16.6. The van der Waals surface area contributed by atoms with Gasteiger partial charge in [0.1, 0.15) is 0 Å². The number of unbranched alkanes of at least 4 members (excludes halogenated alkanes) is 1. The molecular weight excluding hydrogens is 474 g/mol. The summed E-state index contributed by atoms with van der Waals surface area (Å²) in [6.45, 7) is 1.98. The molecule has 4 aliphatic rings. The molecule has 2 fully saturated rings. The zero-order chi connectivity index (χ0) is 26.5. The first-order valence-corrected chi connectivity index (χ1v) is 13.4. The van der Waals surface area contributed by atoms with Crippen molar-refractivity contribution in [2.45, 2.75) is 62.1 Å². The molecule has 1 saturated heterocycles. The molecule has 1 aromatic carbocycles. The topological polar surface area (TPSA) is 131 Å². The standard InChI is InChI=1S/C27H39N5O5/c1-30(25(34)18(29)6-4-5-11-28)12-13-31(2)26(35)36-21-10-7-16-14-19-17-8-9-20(33)24-27(17,15-32(19)3)22(16)23(21)37-24/h7,10,17-19,24H,4-6,8-9,11-15,28-29H2,1-3H3/t17?,18-,19+,24?,27-/m0/s1. The third kappa shape index (κ3) is 4.19. The van der Waals surface area contributed by atoms with E-state index in [0.29, 0.717) is 49.4 Å². The van der Waals surface area contributed by atoms with Crippen LogP contribution in [-0.4, -0.2) is 98.0 Å². The van der Waals surface area contributed by atoms with Crippen molar-refractivity contribution < 1.29 is 23.9 Å². The molecule has 2 aliphatic carbocycles. The number of rotatable bonds is 9. The highest BCUT2D eigenvalue weighted by Gasteiger charge is 2.68. The number of ketones is 1. The molecule has 1 saturated carbocycles. The number of benzene rings is 1. The van der Waals surface area contributed by atoms with Crippen LogP contribution in [0.4, 0.5) is 4.79 Å². The lowest BCUT2D eigenvalue weighted by Crippen LogP contribution is -2.55. The number of hydrogen-bond donors (Lipinski definition) is 2. The van der Waals surface area contributed by atoms with Gasteiger partial charge in [0.2, 0.25) is 5.91 Å². The van der Waals surface area contributed by atoms with Gasteiger partial charge in [0.05, 0.1) is 11.5 Å². The predicted molar refractivity (Wildman–Crippen MR) is 138 cm³/mol. The second-order valence-electron chi connectivity index (χ2n) is 11.2. The molecule has 10 nitrogen and oxygen atoms in total. The van der Waals surface area contributed by atoms with Crippen LogP contribution in [0.25, 0.3) is 0 Å². The molecule has 202 valence electrons. The Morgan fingerprint density at radius 1 is 1.24 bits per heavy atom. The number of hydrogen-bond acceptors (Lipinski definition) is 8. The van der Waals surface area contributed by atoms with Crippen LogP contribution >= 0.6 is 0 Å². The molecule has 0 aromatic heterocycles. The van der Waals surface area contributed by atoms with Crippen LogP contribution in [0.5, 0.6) is 11.5 Å². The zero-order valence-corrected chi connectivity index (χ0v) is 22.1. The van der Waals surface area contributed by atoms with Gasteiger partial charge in [-0.2, -0.15) is 0 Å². The number of carbonyl (C=O) groups is 3. The van der Waals surface area contributed by atoms with Gasteiger partial charge in [-0.05, 0) is 56.8 Å². The van der Waals surface area contributed by atoms with E-state index in [1.54, 1.807) is 25.1 Å². The van der Waals surface area contributed by atoms with Gasteiger partial charge < -0.3 is 35.6 Å². The van der Waals surface area contributed by atoms with Crippen molar-refractivity contribution >= 4 is 17.8 Å². The maximum atomic E-state index is 13.0. The molecule has 2 unspecified atom stereocenters. The zero-order valence-electron chi connectivity index (χ0n) is 22.1. The molecule has 2 heterocycles. The fourth-order valence-corrected chi connectivity index (χ4v) is 7.02. The summed E-state index contributed by atoms with van der Waals surface area (Å²) in [5.41, 5.74) is 13.4. The summed E-state index contributed by atoms with van der Waals surface area (Å²) in [7, 11) is 5.45. The molecule has 2 bridgehead atoms. The lowest BCUT2D eigenvalue weighted by molar-refractivity contribution is -0.132. The SMILES string of the molecule is CN(CCN(C)C(=O)[C@@H](N)CCCCN)C(=O)Oc1ccc2c3c1OC1C(=O)CCC4[C@@H](C2)N(C)C[C@]314. The summed E-state index contributed by atoms with van der Waals surface area (Å²) in [4.78, 5) is 43.8. The van der Waals surface area contributed by atoms with E-state index in [0.717, 1.165) is 37.8 Å². The third-order valence-electron chi connectivity index (χ3n) is 8.95. The number of carbonyl (C=O) groups excluding carboxylic acids is 3. The lowest BCUT2D eigenvalue weighted by Gasteiger charge is -2.43. The number of ether oxygens (including phenoxy) is 2. The van der Waals surface area contributed by atoms with E-state index in [4.69, 9.17) is 20.9 Å². The average Bonchev–Trinajstić information content (AvgIpc) is 3.33. The number of likely N-dealkylation sites (tertiary alicyclic amines) is 1. The third-order valence-corrected chi connectivity index (χ3v) is 8.95. The van der Waals surface area contributed by atoms with E-state index in [1.807, 2.05) is 6.07 Å². The maximum absolute atomic E-state index is 13.0. The van der Waals surface area contributed by atoms with Crippen LogP contribution < -0.4 is 20.9 Å². The number of likely N-dealkylation sites (N-methyl/N-ethyl adjacent to an activating group) is 3. The van der Waals surface area contributed by atoms with E-state index >= 15 is 0 Å². The van der Waals surface area contributed by atoms with Crippen molar-refractivity contribution in [2.24, 2.45) is 17.4 Å². The minimum Gasteiger partial charge on any atom is -0.477 e. The second kappa shape index (κ2) is 9.89. The molecule has 1 aromatic rings. The molecule has 5 atom stereocenters. The van der Waals surface area contributed by atoms with Gasteiger partial charge in [-0.3, -0.25) is 9.59 Å². The van der Waals surface area contributed by atoms with Gasteiger partial charge in [0, 0.05) is 51.8 Å². The Balaban J connectivity index is 1.26. The van der Waals surface area contributed by atoms with Crippen molar-refractivity contribution in [1.29, 1.82) is 0 Å². The van der Waals surface area contributed by atoms with Crippen molar-refractivity contribution in [3.8, 4) is 11.5 Å². The Bertz CT molecular complexity index is 1100. The van der Waals surface area contributed by atoms with Gasteiger partial charge in [-0.25, -0.2) is 4.79 Å². The summed E-state index contributed by atoms with van der Waals surface area (Å²) in [6.07, 6.45) is 3.50. The number of nitrogens with zero attached hydrogens (tertiary/aromatic N) is 3. The fraction of sp³-hybridized carbons (Fsp3) is 0.667. The minimum absolute atomic E-state index is 0.137. The van der Waals surface area contributed by atoms with Crippen LogP contribution in [0.3, 0.4) is 0 Å². The Kier molecular flexibility index (Phi) is 6.93. The lowest BCUT2D eigenvalue weighted by atomic mass is 9.57. The fourth-order valence-electron chi connectivity index (χ4n) is 7.02. The number of amides is 2. The Labute approximate surface area is 218 Å². The van der Waals surface area contributed by atoms with Gasteiger partial charge in [-0.15, -0.1) is 0 Å². The van der Waals surface area contributed by atoms with Crippen LogP contribution in [-0.2, 0) is 21.4 Å². The maximum Gasteiger partial charge on any atom is 0.415 e. The number of nitrogens with two attached hydrogens (primary N) is 2. The van der Waals surface area contributed by atoms with Crippen molar-refractivity contribution in [2.75, 3.05) is 47.3 Å². The highest BCUT2D eigenvalue weighted by molar-refractivity contribution is 5.89. The van der Waals surface area contributed by atoms with Crippen LogP contribution in [0, 0.1) is 5.92 Å². The first-order chi connectivity index (χ1) is 17.7. The smallest absolute Gasteiger partial charge is 0.415 e. The summed E-state index contributed by atoms with van der Waals surface area (Å²) in [5.74, 6) is 1.25. The molecule has 0 radical (unpaired) electrons. The molecule has 1 spiro atoms. The quantitative estimate of drug-likeness (QED) is 0.465. The molecule has 2 aliphatic heterocycles. The van der Waals surface area contributed by atoms with Crippen LogP contribution in [0.15, 0.2) is 12.1 Å². The van der Waals surface area contributed by atoms with E-state index in [2.05, 4.69) is 11.9 Å². The van der Waals surface area contributed by atoms with E-state index in [1.165, 1.54) is 10.5 Å². The van der Waals surface area contributed by atoms with Crippen LogP contribution in [0.2, 0.25) is 0 Å². The van der Waals surface area contributed by atoms with E-state index in [9.17, 15) is 14.4 Å². The van der Waals surface area contributed by atoms with Crippen molar-refractivity contribution in [3.05, 3.63) is 23.3 Å². The number of Topliss-reactive ketones (excluding diaryl/α,β-unsaturated/α-hetero) is 1. The molecule has 10 heteroatoms. The Hall–Kier alpha value is -2.69. The highest BCUT2D eigenvalue weighted by Crippen LogP contribution is 2.63.